The van der Waals surface area contributed by atoms with E-state index < -0.39 is 0 Å². The summed E-state index contributed by atoms with van der Waals surface area (Å²) in [7, 11) is 1.81. The van der Waals surface area contributed by atoms with E-state index in [9.17, 15) is 4.79 Å². The molecule has 0 aliphatic heterocycles. The average Bonchev–Trinajstić information content (AvgIpc) is 3.20. The minimum absolute atomic E-state index is 0.0198. The van der Waals surface area contributed by atoms with Gasteiger partial charge in [0.15, 0.2) is 0 Å². The van der Waals surface area contributed by atoms with E-state index in [1.807, 2.05) is 64.2 Å². The van der Waals surface area contributed by atoms with Crippen molar-refractivity contribution in [2.75, 3.05) is 7.05 Å². The van der Waals surface area contributed by atoms with Crippen LogP contribution in [0.25, 0.3) is 11.3 Å². The van der Waals surface area contributed by atoms with E-state index in [1.165, 1.54) is 0 Å². The third kappa shape index (κ3) is 3.47. The Labute approximate surface area is 147 Å². The van der Waals surface area contributed by atoms with E-state index in [1.54, 1.807) is 15.8 Å². The first-order valence-corrected chi connectivity index (χ1v) is 8.32. The van der Waals surface area contributed by atoms with Crippen molar-refractivity contribution in [3.8, 4) is 11.3 Å². The Morgan fingerprint density at radius 2 is 2.00 bits per heavy atom. The zero-order chi connectivity index (χ0) is 18.0. The van der Waals surface area contributed by atoms with Crippen LogP contribution in [-0.4, -0.2) is 37.8 Å². The van der Waals surface area contributed by atoms with E-state index in [0.717, 1.165) is 28.2 Å². The van der Waals surface area contributed by atoms with Gasteiger partial charge in [0, 0.05) is 24.8 Å². The van der Waals surface area contributed by atoms with Gasteiger partial charge in [-0.15, -0.1) is 0 Å². The van der Waals surface area contributed by atoms with Crippen molar-refractivity contribution in [3.05, 3.63) is 59.5 Å². The molecule has 2 aromatic heterocycles. The van der Waals surface area contributed by atoms with Crippen molar-refractivity contribution in [2.45, 2.75) is 33.4 Å². The largest absolute Gasteiger partial charge is 0.339 e. The van der Waals surface area contributed by atoms with Crippen LogP contribution < -0.4 is 0 Å². The molecule has 3 aromatic rings. The molecule has 1 N–H and O–H groups in total. The summed E-state index contributed by atoms with van der Waals surface area (Å²) in [5.41, 5.74) is 4.89. The number of aryl methyl sites for hydroxylation is 2. The van der Waals surface area contributed by atoms with Gasteiger partial charge in [0.1, 0.15) is 6.04 Å². The molecule has 25 heavy (non-hydrogen) atoms. The van der Waals surface area contributed by atoms with Crippen LogP contribution in [0, 0.1) is 13.8 Å². The third-order valence-electron chi connectivity index (χ3n) is 4.33. The molecule has 2 heterocycles. The molecule has 0 unspecified atom stereocenters. The number of hydrogen-bond donors (Lipinski definition) is 1. The van der Waals surface area contributed by atoms with Crippen LogP contribution in [0.15, 0.2) is 42.6 Å². The summed E-state index contributed by atoms with van der Waals surface area (Å²) in [6.45, 7) is 6.27. The molecule has 3 rings (SSSR count). The Hall–Kier alpha value is -2.89. The molecule has 6 heteroatoms. The van der Waals surface area contributed by atoms with Crippen molar-refractivity contribution in [1.29, 1.82) is 0 Å². The number of benzene rings is 1. The number of carbonyl (C=O) groups is 1. The fourth-order valence-electron chi connectivity index (χ4n) is 3.08. The summed E-state index contributed by atoms with van der Waals surface area (Å²) >= 11 is 0. The Kier molecular flexibility index (Phi) is 4.70. The normalized spacial score (nSPS) is 12.2. The van der Waals surface area contributed by atoms with E-state index in [4.69, 9.17) is 0 Å². The molecule has 0 radical (unpaired) electrons. The molecule has 0 aliphatic carbocycles. The quantitative estimate of drug-likeness (QED) is 0.778. The highest BCUT2D eigenvalue weighted by Gasteiger charge is 2.22. The lowest BCUT2D eigenvalue weighted by Gasteiger charge is -2.22. The van der Waals surface area contributed by atoms with Crippen LogP contribution in [0.3, 0.4) is 0 Å². The van der Waals surface area contributed by atoms with Crippen molar-refractivity contribution >= 4 is 5.91 Å². The van der Waals surface area contributed by atoms with Crippen molar-refractivity contribution in [1.82, 2.24) is 24.9 Å². The minimum Gasteiger partial charge on any atom is -0.339 e. The summed E-state index contributed by atoms with van der Waals surface area (Å²) in [6.07, 6.45) is 1.78. The summed E-state index contributed by atoms with van der Waals surface area (Å²) < 4.78 is 1.78. The monoisotopic (exact) mass is 337 g/mol. The molecule has 0 spiro atoms. The van der Waals surface area contributed by atoms with Crippen molar-refractivity contribution in [3.63, 3.8) is 0 Å². The van der Waals surface area contributed by atoms with Gasteiger partial charge in [-0.1, -0.05) is 30.3 Å². The highest BCUT2D eigenvalue weighted by molar-refractivity contribution is 5.80. The lowest BCUT2D eigenvalue weighted by atomic mass is 10.1. The van der Waals surface area contributed by atoms with Gasteiger partial charge in [-0.25, -0.2) is 0 Å². The highest BCUT2D eigenvalue weighted by Crippen LogP contribution is 2.22. The maximum absolute atomic E-state index is 12.8. The Morgan fingerprint density at radius 1 is 1.28 bits per heavy atom. The van der Waals surface area contributed by atoms with Gasteiger partial charge in [0.05, 0.1) is 17.6 Å². The van der Waals surface area contributed by atoms with Crippen LogP contribution >= 0.6 is 0 Å². The predicted molar refractivity (Wildman–Crippen MR) is 96.9 cm³/mol. The molecule has 6 nitrogen and oxygen atoms in total. The zero-order valence-corrected chi connectivity index (χ0v) is 15.0. The van der Waals surface area contributed by atoms with Crippen LogP contribution in [0.1, 0.15) is 29.9 Å². The SMILES string of the molecule is Cc1cc(C)n([C@@H](C)C(=O)N(C)Cc2cn[nH]c2-c2ccccc2)n1. The number of likely N-dealkylation sites (N-methyl/N-ethyl adjacent to an activating group) is 1. The number of rotatable bonds is 5. The number of amides is 1. The van der Waals surface area contributed by atoms with Crippen LogP contribution in [0.5, 0.6) is 0 Å². The second kappa shape index (κ2) is 6.93. The fourth-order valence-corrected chi connectivity index (χ4v) is 3.08. The number of H-pyrrole nitrogens is 1. The topological polar surface area (TPSA) is 66.8 Å². The summed E-state index contributed by atoms with van der Waals surface area (Å²) in [4.78, 5) is 14.5. The van der Waals surface area contributed by atoms with Gasteiger partial charge in [-0.2, -0.15) is 10.2 Å². The Bertz CT molecular complexity index is 865. The maximum Gasteiger partial charge on any atom is 0.247 e. The second-order valence-electron chi connectivity index (χ2n) is 6.38. The number of carbonyl (C=O) groups excluding carboxylic acids is 1. The first-order valence-electron chi connectivity index (χ1n) is 8.32. The van der Waals surface area contributed by atoms with Crippen LogP contribution in [-0.2, 0) is 11.3 Å². The molecule has 1 atom stereocenters. The predicted octanol–water partition coefficient (Wildman–Crippen LogP) is 3.11. The number of aromatic amines is 1. The van der Waals surface area contributed by atoms with E-state index in [-0.39, 0.29) is 11.9 Å². The highest BCUT2D eigenvalue weighted by atomic mass is 16.2. The maximum atomic E-state index is 12.8. The van der Waals surface area contributed by atoms with Gasteiger partial charge in [0.2, 0.25) is 5.91 Å². The molecule has 1 amide bonds. The van der Waals surface area contributed by atoms with Crippen molar-refractivity contribution < 1.29 is 4.79 Å². The number of hydrogen-bond acceptors (Lipinski definition) is 3. The smallest absolute Gasteiger partial charge is 0.247 e. The lowest BCUT2D eigenvalue weighted by molar-refractivity contribution is -0.133. The van der Waals surface area contributed by atoms with Crippen LogP contribution in [0.4, 0.5) is 0 Å². The molecular formula is C19H23N5O. The Morgan fingerprint density at radius 3 is 2.64 bits per heavy atom. The molecule has 0 aliphatic rings. The standard InChI is InChI=1S/C19H23N5O/c1-13-10-14(2)24(22-13)15(3)19(25)23(4)12-17-11-20-21-18(17)16-8-6-5-7-9-16/h5-11,15H,12H2,1-4H3,(H,20,21)/t15-/m0/s1. The first-order chi connectivity index (χ1) is 12.0. The molecule has 0 bridgehead atoms. The van der Waals surface area contributed by atoms with Gasteiger partial charge in [-0.05, 0) is 32.4 Å². The summed E-state index contributed by atoms with van der Waals surface area (Å²) in [5, 5.41) is 11.6. The zero-order valence-electron chi connectivity index (χ0n) is 15.0. The molecule has 0 saturated carbocycles. The number of nitrogens with one attached hydrogen (secondary N) is 1. The summed E-state index contributed by atoms with van der Waals surface area (Å²) in [5.74, 6) is 0.0198. The van der Waals surface area contributed by atoms with E-state index in [0.29, 0.717) is 6.54 Å². The number of aromatic nitrogens is 4. The van der Waals surface area contributed by atoms with Crippen LogP contribution in [0.2, 0.25) is 0 Å². The second-order valence-corrected chi connectivity index (χ2v) is 6.38. The number of nitrogens with zero attached hydrogens (tertiary/aromatic N) is 4. The summed E-state index contributed by atoms with van der Waals surface area (Å²) in [6, 6.07) is 11.6. The van der Waals surface area contributed by atoms with E-state index in [2.05, 4.69) is 15.3 Å². The third-order valence-corrected chi connectivity index (χ3v) is 4.33. The van der Waals surface area contributed by atoms with Gasteiger partial charge >= 0.3 is 0 Å². The molecular weight excluding hydrogens is 314 g/mol. The lowest BCUT2D eigenvalue weighted by Crippen LogP contribution is -2.33. The minimum atomic E-state index is -0.342. The molecule has 130 valence electrons. The van der Waals surface area contributed by atoms with E-state index >= 15 is 0 Å². The van der Waals surface area contributed by atoms with Crippen molar-refractivity contribution in [2.24, 2.45) is 0 Å². The van der Waals surface area contributed by atoms with Gasteiger partial charge in [0.25, 0.3) is 0 Å². The molecule has 0 fully saturated rings. The molecule has 1 aromatic carbocycles. The van der Waals surface area contributed by atoms with Gasteiger partial charge in [-0.3, -0.25) is 14.6 Å². The first kappa shape index (κ1) is 17.0. The fraction of sp³-hybridized carbons (Fsp3) is 0.316. The Balaban J connectivity index is 1.77. The average molecular weight is 337 g/mol. The van der Waals surface area contributed by atoms with Gasteiger partial charge < -0.3 is 4.90 Å². The molecule has 0 saturated heterocycles.